The zero-order chi connectivity index (χ0) is 18.4. The smallest absolute Gasteiger partial charge is 0.238 e. The highest BCUT2D eigenvalue weighted by atomic mass is 32.2. The van der Waals surface area contributed by atoms with Gasteiger partial charge < -0.3 is 10.6 Å². The van der Waals surface area contributed by atoms with E-state index in [1.54, 1.807) is 36.4 Å². The van der Waals surface area contributed by atoms with Gasteiger partial charge in [-0.05, 0) is 42.3 Å². The molecule has 8 heteroatoms. The van der Waals surface area contributed by atoms with E-state index in [4.69, 9.17) is 5.14 Å². The molecule has 0 saturated carbocycles. The number of carbonyl (C=O) groups is 2. The SMILES string of the molecule is CC(=O)Nc1cccc(NC(=O)CCc2ccc(S(N)(=O)=O)cc2)c1. The molecule has 0 unspecified atom stereocenters. The molecule has 0 fully saturated rings. The van der Waals surface area contributed by atoms with Gasteiger partial charge in [-0.3, -0.25) is 9.59 Å². The molecule has 0 aromatic heterocycles. The van der Waals surface area contributed by atoms with Gasteiger partial charge in [0.25, 0.3) is 0 Å². The molecular formula is C17H19N3O4S. The molecule has 132 valence electrons. The van der Waals surface area contributed by atoms with Crippen LogP contribution in [-0.2, 0) is 26.0 Å². The van der Waals surface area contributed by atoms with Crippen molar-refractivity contribution in [2.24, 2.45) is 5.14 Å². The average molecular weight is 361 g/mol. The van der Waals surface area contributed by atoms with Crippen molar-refractivity contribution in [2.75, 3.05) is 10.6 Å². The lowest BCUT2D eigenvalue weighted by Gasteiger charge is -2.08. The third kappa shape index (κ3) is 6.02. The molecular weight excluding hydrogens is 342 g/mol. The molecule has 0 spiro atoms. The summed E-state index contributed by atoms with van der Waals surface area (Å²) in [5.41, 5.74) is 2.01. The summed E-state index contributed by atoms with van der Waals surface area (Å²) >= 11 is 0. The molecule has 2 aromatic carbocycles. The molecule has 2 aromatic rings. The highest BCUT2D eigenvalue weighted by molar-refractivity contribution is 7.89. The topological polar surface area (TPSA) is 118 Å². The molecule has 0 aliphatic heterocycles. The minimum Gasteiger partial charge on any atom is -0.326 e. The van der Waals surface area contributed by atoms with E-state index in [0.717, 1.165) is 5.56 Å². The fourth-order valence-corrected chi connectivity index (χ4v) is 2.72. The molecule has 2 amide bonds. The Hall–Kier alpha value is -2.71. The number of primary sulfonamides is 1. The number of anilines is 2. The second kappa shape index (κ2) is 7.91. The van der Waals surface area contributed by atoms with Crippen LogP contribution in [0.1, 0.15) is 18.9 Å². The highest BCUT2D eigenvalue weighted by Gasteiger charge is 2.08. The predicted molar refractivity (Wildman–Crippen MR) is 95.5 cm³/mol. The molecule has 0 atom stereocenters. The Kier molecular flexibility index (Phi) is 5.89. The average Bonchev–Trinajstić information content (AvgIpc) is 2.52. The van der Waals surface area contributed by atoms with Gasteiger partial charge in [-0.15, -0.1) is 0 Å². The summed E-state index contributed by atoms with van der Waals surface area (Å²) in [6, 6.07) is 12.9. The van der Waals surface area contributed by atoms with E-state index in [0.29, 0.717) is 17.8 Å². The maximum atomic E-state index is 12.0. The number of nitrogens with two attached hydrogens (primary N) is 1. The summed E-state index contributed by atoms with van der Waals surface area (Å²) in [4.78, 5) is 23.1. The van der Waals surface area contributed by atoms with Crippen LogP contribution in [-0.4, -0.2) is 20.2 Å². The molecule has 4 N–H and O–H groups in total. The fourth-order valence-electron chi connectivity index (χ4n) is 2.21. The summed E-state index contributed by atoms with van der Waals surface area (Å²) in [5, 5.41) is 10.4. The summed E-state index contributed by atoms with van der Waals surface area (Å²) in [7, 11) is -3.71. The molecule has 25 heavy (non-hydrogen) atoms. The number of hydrogen-bond acceptors (Lipinski definition) is 4. The van der Waals surface area contributed by atoms with Gasteiger partial charge in [0.2, 0.25) is 21.8 Å². The number of sulfonamides is 1. The quantitative estimate of drug-likeness (QED) is 0.727. The second-order valence-corrected chi connectivity index (χ2v) is 7.06. The van der Waals surface area contributed by atoms with E-state index in [2.05, 4.69) is 10.6 Å². The molecule has 0 radical (unpaired) electrons. The van der Waals surface area contributed by atoms with Crippen molar-refractivity contribution in [3.8, 4) is 0 Å². The van der Waals surface area contributed by atoms with Crippen LogP contribution in [0.3, 0.4) is 0 Å². The van der Waals surface area contributed by atoms with Crippen molar-refractivity contribution >= 4 is 33.2 Å². The van der Waals surface area contributed by atoms with Crippen molar-refractivity contribution in [1.82, 2.24) is 0 Å². The van der Waals surface area contributed by atoms with Crippen molar-refractivity contribution < 1.29 is 18.0 Å². The first-order valence-corrected chi connectivity index (χ1v) is 9.08. The molecule has 0 saturated heterocycles. The van der Waals surface area contributed by atoms with E-state index in [1.807, 2.05) is 0 Å². The first kappa shape index (κ1) is 18.6. The van der Waals surface area contributed by atoms with E-state index in [9.17, 15) is 18.0 Å². The van der Waals surface area contributed by atoms with Gasteiger partial charge in [0.1, 0.15) is 0 Å². The Bertz CT molecular complexity index is 877. The Morgan fingerprint density at radius 1 is 1.00 bits per heavy atom. The number of hydrogen-bond donors (Lipinski definition) is 3. The van der Waals surface area contributed by atoms with Crippen molar-refractivity contribution in [2.45, 2.75) is 24.7 Å². The lowest BCUT2D eigenvalue weighted by Crippen LogP contribution is -2.13. The monoisotopic (exact) mass is 361 g/mol. The van der Waals surface area contributed by atoms with Crippen LogP contribution in [0.4, 0.5) is 11.4 Å². The Morgan fingerprint density at radius 3 is 2.16 bits per heavy atom. The minimum atomic E-state index is -3.71. The first-order valence-electron chi connectivity index (χ1n) is 7.53. The van der Waals surface area contributed by atoms with Crippen molar-refractivity contribution in [3.05, 3.63) is 54.1 Å². The summed E-state index contributed by atoms with van der Waals surface area (Å²) in [5.74, 6) is -0.373. The third-order valence-electron chi connectivity index (χ3n) is 3.36. The fraction of sp³-hybridized carbons (Fsp3) is 0.176. The van der Waals surface area contributed by atoms with Crippen LogP contribution < -0.4 is 15.8 Å². The maximum absolute atomic E-state index is 12.0. The zero-order valence-electron chi connectivity index (χ0n) is 13.7. The van der Waals surface area contributed by atoms with Crippen molar-refractivity contribution in [1.29, 1.82) is 0 Å². The highest BCUT2D eigenvalue weighted by Crippen LogP contribution is 2.16. The molecule has 0 heterocycles. The number of carbonyl (C=O) groups excluding carboxylic acids is 2. The normalized spacial score (nSPS) is 11.0. The molecule has 7 nitrogen and oxygen atoms in total. The first-order chi connectivity index (χ1) is 11.7. The van der Waals surface area contributed by atoms with E-state index in [-0.39, 0.29) is 23.1 Å². The Balaban J connectivity index is 1.91. The summed E-state index contributed by atoms with van der Waals surface area (Å²) in [6.45, 7) is 1.41. The number of benzene rings is 2. The number of amides is 2. The van der Waals surface area contributed by atoms with Crippen LogP contribution in [0, 0.1) is 0 Å². The minimum absolute atomic E-state index is 0.0375. The molecule has 2 rings (SSSR count). The molecule has 0 bridgehead atoms. The van der Waals surface area contributed by atoms with Crippen LogP contribution in [0.2, 0.25) is 0 Å². The van der Waals surface area contributed by atoms with Gasteiger partial charge in [-0.1, -0.05) is 18.2 Å². The molecule has 0 aliphatic carbocycles. The van der Waals surface area contributed by atoms with E-state index < -0.39 is 10.0 Å². The van der Waals surface area contributed by atoms with Crippen LogP contribution in [0.25, 0.3) is 0 Å². The Labute approximate surface area is 146 Å². The van der Waals surface area contributed by atoms with Crippen LogP contribution in [0.5, 0.6) is 0 Å². The van der Waals surface area contributed by atoms with Gasteiger partial charge >= 0.3 is 0 Å². The Morgan fingerprint density at radius 2 is 1.60 bits per heavy atom. The molecule has 0 aliphatic rings. The van der Waals surface area contributed by atoms with Crippen LogP contribution in [0.15, 0.2) is 53.4 Å². The number of aryl methyl sites for hydroxylation is 1. The standard InChI is InChI=1S/C17H19N3O4S/c1-12(21)19-14-3-2-4-15(11-14)20-17(22)10-7-13-5-8-16(9-6-13)25(18,23)24/h2-6,8-9,11H,7,10H2,1H3,(H,19,21)(H,20,22)(H2,18,23,24). The van der Waals surface area contributed by atoms with Crippen molar-refractivity contribution in [3.63, 3.8) is 0 Å². The largest absolute Gasteiger partial charge is 0.326 e. The maximum Gasteiger partial charge on any atom is 0.238 e. The van der Waals surface area contributed by atoms with E-state index in [1.165, 1.54) is 19.1 Å². The summed E-state index contributed by atoms with van der Waals surface area (Å²) in [6.07, 6.45) is 0.696. The zero-order valence-corrected chi connectivity index (χ0v) is 14.5. The number of nitrogens with one attached hydrogen (secondary N) is 2. The lowest BCUT2D eigenvalue weighted by atomic mass is 10.1. The van der Waals surface area contributed by atoms with Gasteiger partial charge in [-0.25, -0.2) is 13.6 Å². The predicted octanol–water partition coefficient (Wildman–Crippen LogP) is 1.86. The van der Waals surface area contributed by atoms with E-state index >= 15 is 0 Å². The van der Waals surface area contributed by atoms with Gasteiger partial charge in [0, 0.05) is 24.7 Å². The second-order valence-electron chi connectivity index (χ2n) is 5.50. The van der Waals surface area contributed by atoms with Gasteiger partial charge in [0.05, 0.1) is 4.90 Å². The third-order valence-corrected chi connectivity index (χ3v) is 4.29. The van der Waals surface area contributed by atoms with Gasteiger partial charge in [-0.2, -0.15) is 0 Å². The lowest BCUT2D eigenvalue weighted by molar-refractivity contribution is -0.116. The summed E-state index contributed by atoms with van der Waals surface area (Å²) < 4.78 is 22.4. The van der Waals surface area contributed by atoms with Crippen LogP contribution >= 0.6 is 0 Å². The van der Waals surface area contributed by atoms with Gasteiger partial charge in [0.15, 0.2) is 0 Å². The number of rotatable bonds is 6.